The van der Waals surface area contributed by atoms with Crippen molar-refractivity contribution in [2.75, 3.05) is 13.2 Å². The molecule has 0 atom stereocenters. The lowest BCUT2D eigenvalue weighted by Crippen LogP contribution is -2.16. The first-order valence-electron chi connectivity index (χ1n) is 2.59. The van der Waals surface area contributed by atoms with E-state index in [2.05, 4.69) is 8.85 Å². The summed E-state index contributed by atoms with van der Waals surface area (Å²) in [5.41, 5.74) is 0. The normalized spacial score (nSPS) is 10.5. The molecule has 0 spiro atoms. The van der Waals surface area contributed by atoms with E-state index in [9.17, 15) is 4.11 Å². The van der Waals surface area contributed by atoms with Crippen LogP contribution in [0, 0.1) is 0 Å². The van der Waals surface area contributed by atoms with Gasteiger partial charge in [0, 0.05) is 13.2 Å². The molecule has 0 aliphatic rings. The molecule has 1 radical (unpaired) electrons. The predicted molar refractivity (Wildman–Crippen MR) is 30.1 cm³/mol. The second-order valence-corrected chi connectivity index (χ2v) is 2.16. The molecule has 0 saturated carbocycles. The lowest BCUT2D eigenvalue weighted by atomic mass is 10.9. The molecule has 0 aromatic heterocycles. The van der Waals surface area contributed by atoms with Crippen LogP contribution >= 0.6 is 0 Å². The Kier molecular flexibility index (Phi) is 5.25. The van der Waals surface area contributed by atoms with Crippen LogP contribution in [0.25, 0.3) is 0 Å². The molecule has 0 aliphatic heterocycles. The first-order chi connectivity index (χ1) is 3.81. The van der Waals surface area contributed by atoms with Crippen molar-refractivity contribution in [2.24, 2.45) is 0 Å². The number of halogens is 1. The molecule has 0 aromatic rings. The topological polar surface area (TPSA) is 18.5 Å². The van der Waals surface area contributed by atoms with Crippen molar-refractivity contribution >= 4 is 9.62 Å². The Bertz CT molecular complexity index is 47.3. The smallest absolute Gasteiger partial charge is 0.368 e. The van der Waals surface area contributed by atoms with E-state index in [4.69, 9.17) is 0 Å². The molecular formula is C4H10FO2Si. The van der Waals surface area contributed by atoms with Crippen molar-refractivity contribution in [2.45, 2.75) is 13.8 Å². The minimum atomic E-state index is -2.39. The van der Waals surface area contributed by atoms with Gasteiger partial charge in [-0.15, -0.1) is 0 Å². The van der Waals surface area contributed by atoms with Crippen LogP contribution in [-0.2, 0) is 8.85 Å². The summed E-state index contributed by atoms with van der Waals surface area (Å²) in [5.74, 6) is 0. The van der Waals surface area contributed by atoms with Gasteiger partial charge in [-0.3, -0.25) is 0 Å². The fraction of sp³-hybridized carbons (Fsp3) is 1.00. The van der Waals surface area contributed by atoms with Crippen molar-refractivity contribution in [3.05, 3.63) is 0 Å². The van der Waals surface area contributed by atoms with Crippen molar-refractivity contribution < 1.29 is 13.0 Å². The summed E-state index contributed by atoms with van der Waals surface area (Å²) in [5, 5.41) is 0. The Morgan fingerprint density at radius 1 is 1.25 bits per heavy atom. The zero-order valence-electron chi connectivity index (χ0n) is 5.11. The van der Waals surface area contributed by atoms with Gasteiger partial charge in [0.15, 0.2) is 0 Å². The van der Waals surface area contributed by atoms with Gasteiger partial charge in [-0.1, -0.05) is 0 Å². The zero-order chi connectivity index (χ0) is 6.41. The highest BCUT2D eigenvalue weighted by atomic mass is 28.4. The van der Waals surface area contributed by atoms with E-state index in [1.165, 1.54) is 0 Å². The summed E-state index contributed by atoms with van der Waals surface area (Å²) in [7, 11) is -2.39. The molecule has 0 heterocycles. The predicted octanol–water partition coefficient (Wildman–Crippen LogP) is 1.01. The third-order valence-electron chi connectivity index (χ3n) is 0.516. The van der Waals surface area contributed by atoms with Crippen LogP contribution in [-0.4, -0.2) is 22.8 Å². The average molecular weight is 137 g/mol. The lowest BCUT2D eigenvalue weighted by molar-refractivity contribution is 0.177. The van der Waals surface area contributed by atoms with Gasteiger partial charge < -0.3 is 8.85 Å². The average Bonchev–Trinajstić information content (AvgIpc) is 1.68. The van der Waals surface area contributed by atoms with Crippen molar-refractivity contribution in [1.29, 1.82) is 0 Å². The highest BCUT2D eigenvalue weighted by molar-refractivity contribution is 6.35. The van der Waals surface area contributed by atoms with Crippen LogP contribution in [0.1, 0.15) is 13.8 Å². The van der Waals surface area contributed by atoms with E-state index in [1.807, 2.05) is 0 Å². The summed E-state index contributed by atoms with van der Waals surface area (Å²) >= 11 is 0. The third kappa shape index (κ3) is 4.23. The van der Waals surface area contributed by atoms with Crippen LogP contribution in [0.5, 0.6) is 0 Å². The first kappa shape index (κ1) is 8.07. The zero-order valence-corrected chi connectivity index (χ0v) is 6.11. The second-order valence-electron chi connectivity index (χ2n) is 1.10. The van der Waals surface area contributed by atoms with Gasteiger partial charge in [0.25, 0.3) is 0 Å². The number of rotatable bonds is 4. The molecule has 4 heteroatoms. The SMILES string of the molecule is CCO[Si](F)OCC. The Morgan fingerprint density at radius 3 is 1.88 bits per heavy atom. The quantitative estimate of drug-likeness (QED) is 0.425. The highest BCUT2D eigenvalue weighted by Crippen LogP contribution is 1.88. The molecule has 0 unspecified atom stereocenters. The van der Waals surface area contributed by atoms with Crippen LogP contribution < -0.4 is 0 Å². The summed E-state index contributed by atoms with van der Waals surface area (Å²) in [6, 6.07) is 0. The fourth-order valence-electron chi connectivity index (χ4n) is 0.269. The molecule has 49 valence electrons. The van der Waals surface area contributed by atoms with Crippen LogP contribution in [0.15, 0.2) is 0 Å². The van der Waals surface area contributed by atoms with Crippen LogP contribution in [0.4, 0.5) is 4.11 Å². The van der Waals surface area contributed by atoms with Gasteiger partial charge in [-0.2, -0.15) is 0 Å². The third-order valence-corrected chi connectivity index (χ3v) is 1.55. The molecule has 0 fully saturated rings. The van der Waals surface area contributed by atoms with Gasteiger partial charge in [0.1, 0.15) is 0 Å². The lowest BCUT2D eigenvalue weighted by Gasteiger charge is -2.00. The van der Waals surface area contributed by atoms with E-state index in [1.54, 1.807) is 13.8 Å². The Balaban J connectivity index is 2.92. The number of hydrogen-bond acceptors (Lipinski definition) is 2. The minimum absolute atomic E-state index is 0.394. The molecule has 0 aromatic carbocycles. The standard InChI is InChI=1S/C4H10FO2Si/c1-3-6-8(5)7-4-2/h3-4H2,1-2H3. The van der Waals surface area contributed by atoms with Gasteiger partial charge in [-0.05, 0) is 13.8 Å². The second kappa shape index (κ2) is 5.21. The molecule has 0 rings (SSSR count). The van der Waals surface area contributed by atoms with Crippen molar-refractivity contribution in [1.82, 2.24) is 0 Å². The summed E-state index contributed by atoms with van der Waals surface area (Å²) in [4.78, 5) is 0. The number of hydrogen-bond donors (Lipinski definition) is 0. The summed E-state index contributed by atoms with van der Waals surface area (Å²) in [6.45, 7) is 4.27. The Morgan fingerprint density at radius 2 is 1.62 bits per heavy atom. The fourth-order valence-corrected chi connectivity index (χ4v) is 0.806. The maximum Gasteiger partial charge on any atom is 0.619 e. The molecule has 0 bridgehead atoms. The maximum atomic E-state index is 12.1. The monoisotopic (exact) mass is 137 g/mol. The molecule has 0 saturated heterocycles. The first-order valence-corrected chi connectivity index (χ1v) is 3.78. The van der Waals surface area contributed by atoms with Crippen LogP contribution in [0.2, 0.25) is 0 Å². The minimum Gasteiger partial charge on any atom is -0.368 e. The largest absolute Gasteiger partial charge is 0.619 e. The van der Waals surface area contributed by atoms with E-state index in [-0.39, 0.29) is 0 Å². The van der Waals surface area contributed by atoms with E-state index in [0.29, 0.717) is 13.2 Å². The van der Waals surface area contributed by atoms with Gasteiger partial charge in [0.05, 0.1) is 0 Å². The molecule has 2 nitrogen and oxygen atoms in total. The molecule has 0 N–H and O–H groups in total. The molecule has 0 amide bonds. The Hall–Kier alpha value is 0.0669. The van der Waals surface area contributed by atoms with Gasteiger partial charge in [-0.25, -0.2) is 4.11 Å². The highest BCUT2D eigenvalue weighted by Gasteiger charge is 2.12. The summed E-state index contributed by atoms with van der Waals surface area (Å²) in [6.07, 6.45) is 0. The molecule has 8 heavy (non-hydrogen) atoms. The van der Waals surface area contributed by atoms with E-state index in [0.717, 1.165) is 0 Å². The Labute approximate surface area is 50.6 Å². The van der Waals surface area contributed by atoms with Gasteiger partial charge in [0.2, 0.25) is 0 Å². The van der Waals surface area contributed by atoms with E-state index < -0.39 is 9.62 Å². The summed E-state index contributed by atoms with van der Waals surface area (Å²) < 4.78 is 21.1. The van der Waals surface area contributed by atoms with Crippen molar-refractivity contribution in [3.8, 4) is 0 Å². The van der Waals surface area contributed by atoms with E-state index >= 15 is 0 Å². The molecule has 0 aliphatic carbocycles. The molecular weight excluding hydrogens is 127 g/mol. The van der Waals surface area contributed by atoms with Gasteiger partial charge >= 0.3 is 9.62 Å². The maximum absolute atomic E-state index is 12.1. The van der Waals surface area contributed by atoms with Crippen molar-refractivity contribution in [3.63, 3.8) is 0 Å². The van der Waals surface area contributed by atoms with Crippen LogP contribution in [0.3, 0.4) is 0 Å².